The van der Waals surface area contributed by atoms with Crippen LogP contribution < -0.4 is 5.32 Å². The number of piperidine rings is 1. The van der Waals surface area contributed by atoms with E-state index in [0.717, 1.165) is 50.6 Å². The van der Waals surface area contributed by atoms with Crippen LogP contribution in [0.4, 0.5) is 0 Å². The highest BCUT2D eigenvalue weighted by atomic mass is 32.1. The van der Waals surface area contributed by atoms with Crippen LogP contribution in [0.15, 0.2) is 41.8 Å². The second-order valence-electron chi connectivity index (χ2n) is 8.39. The minimum atomic E-state index is -0.152. The van der Waals surface area contributed by atoms with Gasteiger partial charge in [-0.15, -0.1) is 11.3 Å². The lowest BCUT2D eigenvalue weighted by Gasteiger charge is -2.36. The van der Waals surface area contributed by atoms with Crippen molar-refractivity contribution in [2.24, 2.45) is 5.92 Å². The second-order valence-corrected chi connectivity index (χ2v) is 9.34. The highest BCUT2D eigenvalue weighted by Gasteiger charge is 2.30. The number of hydrogen-bond donors (Lipinski definition) is 1. The van der Waals surface area contributed by atoms with Crippen molar-refractivity contribution in [2.45, 2.75) is 25.8 Å². The molecule has 2 saturated heterocycles. The van der Waals surface area contributed by atoms with Gasteiger partial charge in [0.15, 0.2) is 0 Å². The highest BCUT2D eigenvalue weighted by Crippen LogP contribution is 2.24. The first-order valence-electron chi connectivity index (χ1n) is 11.1. The summed E-state index contributed by atoms with van der Waals surface area (Å²) in [5.41, 5.74) is 2.44. The quantitative estimate of drug-likeness (QED) is 0.748. The molecule has 2 unspecified atom stereocenters. The summed E-state index contributed by atoms with van der Waals surface area (Å²) in [4.78, 5) is 30.7. The van der Waals surface area contributed by atoms with Crippen molar-refractivity contribution in [1.82, 2.24) is 15.1 Å². The largest absolute Gasteiger partial charge is 0.379 e. The first kappa shape index (κ1) is 22.0. The van der Waals surface area contributed by atoms with E-state index in [4.69, 9.17) is 4.74 Å². The van der Waals surface area contributed by atoms with Crippen LogP contribution in [-0.2, 0) is 9.53 Å². The Balaban J connectivity index is 1.39. The molecule has 0 spiro atoms. The summed E-state index contributed by atoms with van der Waals surface area (Å²) in [6, 6.07) is 12.4. The van der Waals surface area contributed by atoms with Crippen molar-refractivity contribution in [1.29, 1.82) is 0 Å². The molecule has 2 fully saturated rings. The number of ether oxygens (including phenoxy) is 1. The number of aryl methyl sites for hydroxylation is 1. The Morgan fingerprint density at radius 3 is 2.77 bits per heavy atom. The molecule has 0 bridgehead atoms. The maximum Gasteiger partial charge on any atom is 0.263 e. The standard InChI is InChI=1S/C24H31N3O3S/c1-18-5-2-6-19(15-18)21(26-10-12-30-13-11-26)16-25-23(28)20-7-3-9-27(17-20)24(29)22-8-4-14-31-22/h2,4-6,8,14-15,20-21H,3,7,9-13,16-17H2,1H3,(H,25,28). The second kappa shape index (κ2) is 10.4. The molecule has 0 aliphatic carbocycles. The fraction of sp³-hybridized carbons (Fsp3) is 0.500. The monoisotopic (exact) mass is 441 g/mol. The third-order valence-electron chi connectivity index (χ3n) is 6.19. The number of thiophene rings is 1. The van der Waals surface area contributed by atoms with Gasteiger partial charge in [-0.25, -0.2) is 0 Å². The van der Waals surface area contributed by atoms with Gasteiger partial charge in [-0.3, -0.25) is 14.5 Å². The van der Waals surface area contributed by atoms with Gasteiger partial charge in [-0.1, -0.05) is 35.9 Å². The molecule has 2 atom stereocenters. The smallest absolute Gasteiger partial charge is 0.263 e. The number of nitrogens with one attached hydrogen (secondary N) is 1. The van der Waals surface area contributed by atoms with Gasteiger partial charge in [0.05, 0.1) is 30.1 Å². The van der Waals surface area contributed by atoms with E-state index in [9.17, 15) is 9.59 Å². The number of carbonyl (C=O) groups is 2. The predicted molar refractivity (Wildman–Crippen MR) is 122 cm³/mol. The van der Waals surface area contributed by atoms with Crippen LogP contribution in [0.25, 0.3) is 0 Å². The first-order valence-corrected chi connectivity index (χ1v) is 12.0. The third kappa shape index (κ3) is 5.53. The zero-order valence-electron chi connectivity index (χ0n) is 18.1. The summed E-state index contributed by atoms with van der Waals surface area (Å²) in [6.07, 6.45) is 1.69. The number of morpholine rings is 1. The number of rotatable bonds is 6. The van der Waals surface area contributed by atoms with Gasteiger partial charge >= 0.3 is 0 Å². The molecule has 2 aromatic rings. The summed E-state index contributed by atoms with van der Waals surface area (Å²) in [6.45, 7) is 7.05. The Kier molecular flexibility index (Phi) is 7.37. The number of carbonyl (C=O) groups excluding carboxylic acids is 2. The lowest BCUT2D eigenvalue weighted by Crippen LogP contribution is -2.48. The zero-order chi connectivity index (χ0) is 21.6. The van der Waals surface area contributed by atoms with Crippen LogP contribution in [0.5, 0.6) is 0 Å². The summed E-state index contributed by atoms with van der Waals surface area (Å²) in [5.74, 6) is -0.0615. The number of hydrogen-bond acceptors (Lipinski definition) is 5. The number of amides is 2. The van der Waals surface area contributed by atoms with Gasteiger partial charge in [-0.2, -0.15) is 0 Å². The van der Waals surface area contributed by atoms with E-state index in [1.807, 2.05) is 22.4 Å². The molecular weight excluding hydrogens is 410 g/mol. The lowest BCUT2D eigenvalue weighted by atomic mass is 9.96. The van der Waals surface area contributed by atoms with Crippen molar-refractivity contribution in [3.05, 3.63) is 57.8 Å². The fourth-order valence-corrected chi connectivity index (χ4v) is 5.19. The van der Waals surface area contributed by atoms with Gasteiger partial charge in [0.2, 0.25) is 5.91 Å². The molecule has 0 radical (unpaired) electrons. The van der Waals surface area contributed by atoms with Gasteiger partial charge in [0.1, 0.15) is 0 Å². The first-order chi connectivity index (χ1) is 15.1. The minimum absolute atomic E-state index is 0.0402. The maximum atomic E-state index is 13.0. The lowest BCUT2D eigenvalue weighted by molar-refractivity contribution is -0.126. The molecule has 1 N–H and O–H groups in total. The van der Waals surface area contributed by atoms with Crippen LogP contribution in [0, 0.1) is 12.8 Å². The molecule has 3 heterocycles. The minimum Gasteiger partial charge on any atom is -0.379 e. The summed E-state index contributed by atoms with van der Waals surface area (Å²) in [7, 11) is 0. The third-order valence-corrected chi connectivity index (χ3v) is 7.05. The SMILES string of the molecule is Cc1cccc(C(CNC(=O)C2CCCN(C(=O)c3cccs3)C2)N2CCOCC2)c1. The molecule has 2 aliphatic rings. The topological polar surface area (TPSA) is 61.9 Å². The van der Waals surface area contributed by atoms with Gasteiger partial charge < -0.3 is 15.0 Å². The highest BCUT2D eigenvalue weighted by molar-refractivity contribution is 7.12. The van der Waals surface area contributed by atoms with Crippen molar-refractivity contribution < 1.29 is 14.3 Å². The molecule has 6 nitrogen and oxygen atoms in total. The van der Waals surface area contributed by atoms with Crippen LogP contribution in [-0.4, -0.2) is 67.6 Å². The van der Waals surface area contributed by atoms with Gasteiger partial charge in [0, 0.05) is 32.7 Å². The van der Waals surface area contributed by atoms with Crippen molar-refractivity contribution >= 4 is 23.2 Å². The molecule has 7 heteroatoms. The van der Waals surface area contributed by atoms with Crippen LogP contribution in [0.2, 0.25) is 0 Å². The normalized spacial score (nSPS) is 20.9. The molecular formula is C24H31N3O3S. The molecule has 0 saturated carbocycles. The molecule has 31 heavy (non-hydrogen) atoms. The van der Waals surface area contributed by atoms with Crippen molar-refractivity contribution in [3.8, 4) is 0 Å². The maximum absolute atomic E-state index is 13.0. The average molecular weight is 442 g/mol. The van der Waals surface area contributed by atoms with Crippen molar-refractivity contribution in [2.75, 3.05) is 45.9 Å². The molecule has 1 aromatic heterocycles. The van der Waals surface area contributed by atoms with E-state index >= 15 is 0 Å². The van der Waals surface area contributed by atoms with Crippen LogP contribution >= 0.6 is 11.3 Å². The van der Waals surface area contributed by atoms with E-state index in [2.05, 4.69) is 41.4 Å². The number of likely N-dealkylation sites (tertiary alicyclic amines) is 1. The van der Waals surface area contributed by atoms with Crippen LogP contribution in [0.3, 0.4) is 0 Å². The Labute approximate surface area is 188 Å². The van der Waals surface area contributed by atoms with E-state index in [1.54, 1.807) is 0 Å². The van der Waals surface area contributed by atoms with Crippen LogP contribution in [0.1, 0.15) is 39.7 Å². The zero-order valence-corrected chi connectivity index (χ0v) is 18.9. The molecule has 2 aliphatic heterocycles. The summed E-state index contributed by atoms with van der Waals surface area (Å²) < 4.78 is 5.53. The van der Waals surface area contributed by atoms with Crippen molar-refractivity contribution in [3.63, 3.8) is 0 Å². The Bertz CT molecular complexity index is 880. The molecule has 2 amide bonds. The molecule has 166 valence electrons. The Morgan fingerprint density at radius 1 is 1.19 bits per heavy atom. The van der Waals surface area contributed by atoms with E-state index < -0.39 is 0 Å². The Morgan fingerprint density at radius 2 is 2.03 bits per heavy atom. The van der Waals surface area contributed by atoms with E-state index in [-0.39, 0.29) is 23.8 Å². The fourth-order valence-electron chi connectivity index (χ4n) is 4.50. The number of nitrogens with zero attached hydrogens (tertiary/aromatic N) is 2. The molecule has 4 rings (SSSR count). The average Bonchev–Trinajstić information content (AvgIpc) is 3.34. The summed E-state index contributed by atoms with van der Waals surface area (Å²) in [5, 5.41) is 5.12. The molecule has 1 aromatic carbocycles. The number of benzene rings is 1. The van der Waals surface area contributed by atoms with E-state index in [0.29, 0.717) is 13.1 Å². The Hall–Kier alpha value is -2.22. The van der Waals surface area contributed by atoms with Gasteiger partial charge in [-0.05, 0) is 36.8 Å². The predicted octanol–water partition coefficient (Wildman–Crippen LogP) is 3.10. The van der Waals surface area contributed by atoms with E-state index in [1.165, 1.54) is 22.5 Å². The van der Waals surface area contributed by atoms with Gasteiger partial charge in [0.25, 0.3) is 5.91 Å². The summed E-state index contributed by atoms with van der Waals surface area (Å²) >= 11 is 1.46.